The normalized spacial score (nSPS) is 10.8. The van der Waals surface area contributed by atoms with E-state index in [-0.39, 0.29) is 5.69 Å². The smallest absolute Gasteiger partial charge is 0.354 e. The lowest BCUT2D eigenvalue weighted by Gasteiger charge is -2.02. The molecule has 0 atom stereocenters. The van der Waals surface area contributed by atoms with E-state index in [1.54, 1.807) is 12.3 Å². The second kappa shape index (κ2) is 3.56. The largest absolute Gasteiger partial charge is 0.477 e. The zero-order chi connectivity index (χ0) is 11.8. The van der Waals surface area contributed by atoms with Gasteiger partial charge in [-0.15, -0.1) is 0 Å². The molecule has 0 aliphatic heterocycles. The van der Waals surface area contributed by atoms with E-state index in [2.05, 4.69) is 4.98 Å². The van der Waals surface area contributed by atoms with Crippen LogP contribution < -0.4 is 0 Å². The van der Waals surface area contributed by atoms with Crippen LogP contribution in [0.25, 0.3) is 21.5 Å². The molecular formula is C14H9NO2. The van der Waals surface area contributed by atoms with Crippen molar-refractivity contribution in [2.24, 2.45) is 0 Å². The predicted octanol–water partition coefficient (Wildman–Crippen LogP) is 3.09. The van der Waals surface area contributed by atoms with Gasteiger partial charge in [-0.3, -0.25) is 0 Å². The topological polar surface area (TPSA) is 50.2 Å². The average Bonchev–Trinajstić information content (AvgIpc) is 2.35. The molecule has 82 valence electrons. The van der Waals surface area contributed by atoms with Gasteiger partial charge in [0.2, 0.25) is 0 Å². The molecule has 0 saturated carbocycles. The fourth-order valence-electron chi connectivity index (χ4n) is 1.95. The van der Waals surface area contributed by atoms with Gasteiger partial charge in [0.15, 0.2) is 0 Å². The number of fused-ring (bicyclic) bond motifs is 2. The van der Waals surface area contributed by atoms with Crippen molar-refractivity contribution in [1.29, 1.82) is 0 Å². The zero-order valence-corrected chi connectivity index (χ0v) is 8.92. The van der Waals surface area contributed by atoms with Gasteiger partial charge in [0.05, 0.1) is 0 Å². The SMILES string of the molecule is O=C(O)c1cc2cc3ccccc3cc2cn1. The van der Waals surface area contributed by atoms with E-state index in [0.29, 0.717) is 0 Å². The number of aromatic carboxylic acids is 1. The molecule has 0 aliphatic rings. The summed E-state index contributed by atoms with van der Waals surface area (Å²) in [7, 11) is 0. The molecule has 0 bridgehead atoms. The van der Waals surface area contributed by atoms with Crippen LogP contribution in [-0.4, -0.2) is 16.1 Å². The van der Waals surface area contributed by atoms with E-state index in [0.717, 1.165) is 21.5 Å². The summed E-state index contributed by atoms with van der Waals surface area (Å²) < 4.78 is 0. The Balaban J connectivity index is 2.36. The predicted molar refractivity (Wildman–Crippen MR) is 66.2 cm³/mol. The number of pyridine rings is 1. The van der Waals surface area contributed by atoms with Crippen LogP contribution in [0.15, 0.2) is 48.7 Å². The third-order valence-electron chi connectivity index (χ3n) is 2.81. The van der Waals surface area contributed by atoms with Gasteiger partial charge in [0.1, 0.15) is 5.69 Å². The van der Waals surface area contributed by atoms with Crippen molar-refractivity contribution >= 4 is 27.5 Å². The summed E-state index contributed by atoms with van der Waals surface area (Å²) in [5.74, 6) is -1.000. The van der Waals surface area contributed by atoms with Crippen molar-refractivity contribution in [1.82, 2.24) is 4.98 Å². The van der Waals surface area contributed by atoms with Gasteiger partial charge >= 0.3 is 5.97 Å². The van der Waals surface area contributed by atoms with Crippen molar-refractivity contribution in [3.05, 3.63) is 54.4 Å². The summed E-state index contributed by atoms with van der Waals surface area (Å²) in [4.78, 5) is 14.8. The van der Waals surface area contributed by atoms with Crippen molar-refractivity contribution < 1.29 is 9.90 Å². The molecule has 3 nitrogen and oxygen atoms in total. The Morgan fingerprint density at radius 2 is 1.59 bits per heavy atom. The van der Waals surface area contributed by atoms with Crippen LogP contribution in [0.1, 0.15) is 10.5 Å². The van der Waals surface area contributed by atoms with Crippen LogP contribution in [0.3, 0.4) is 0 Å². The second-order valence-electron chi connectivity index (χ2n) is 3.92. The first-order valence-electron chi connectivity index (χ1n) is 5.26. The van der Waals surface area contributed by atoms with Crippen LogP contribution >= 0.6 is 0 Å². The van der Waals surface area contributed by atoms with E-state index < -0.39 is 5.97 Å². The zero-order valence-electron chi connectivity index (χ0n) is 8.92. The number of benzene rings is 2. The molecular weight excluding hydrogens is 214 g/mol. The highest BCUT2D eigenvalue weighted by atomic mass is 16.4. The van der Waals surface area contributed by atoms with Crippen molar-refractivity contribution in [2.45, 2.75) is 0 Å². The molecule has 0 spiro atoms. The monoisotopic (exact) mass is 223 g/mol. The first-order chi connectivity index (χ1) is 8.24. The van der Waals surface area contributed by atoms with Crippen LogP contribution in [-0.2, 0) is 0 Å². The molecule has 0 fully saturated rings. The Morgan fingerprint density at radius 3 is 2.24 bits per heavy atom. The maximum atomic E-state index is 10.8. The minimum atomic E-state index is -1.000. The van der Waals surface area contributed by atoms with Gasteiger partial charge in [-0.05, 0) is 34.4 Å². The third kappa shape index (κ3) is 1.61. The number of rotatable bonds is 1. The minimum Gasteiger partial charge on any atom is -0.477 e. The molecule has 0 unspecified atom stereocenters. The molecule has 17 heavy (non-hydrogen) atoms. The Morgan fingerprint density at radius 1 is 0.941 bits per heavy atom. The number of hydrogen-bond donors (Lipinski definition) is 1. The summed E-state index contributed by atoms with van der Waals surface area (Å²) >= 11 is 0. The Labute approximate surface area is 97.3 Å². The molecule has 2 aromatic carbocycles. The number of carboxylic acid groups (broad SMARTS) is 1. The first-order valence-corrected chi connectivity index (χ1v) is 5.26. The van der Waals surface area contributed by atoms with Crippen LogP contribution in [0.4, 0.5) is 0 Å². The van der Waals surface area contributed by atoms with E-state index in [1.165, 1.54) is 0 Å². The number of carboxylic acids is 1. The molecule has 1 aromatic heterocycles. The molecule has 1 heterocycles. The standard InChI is InChI=1S/C14H9NO2/c16-14(17)13-7-11-5-9-3-1-2-4-10(9)6-12(11)8-15-13/h1-8H,(H,16,17). The Hall–Kier alpha value is -2.42. The molecule has 0 amide bonds. The number of nitrogens with zero attached hydrogens (tertiary/aromatic N) is 1. The maximum absolute atomic E-state index is 10.8. The summed E-state index contributed by atoms with van der Waals surface area (Å²) in [5, 5.41) is 13.0. The third-order valence-corrected chi connectivity index (χ3v) is 2.81. The summed E-state index contributed by atoms with van der Waals surface area (Å²) in [5.41, 5.74) is 0.0766. The van der Waals surface area contributed by atoms with E-state index in [1.807, 2.05) is 36.4 Å². The van der Waals surface area contributed by atoms with E-state index >= 15 is 0 Å². The Kier molecular flexibility index (Phi) is 2.05. The quantitative estimate of drug-likeness (QED) is 0.645. The fraction of sp³-hybridized carbons (Fsp3) is 0. The van der Waals surface area contributed by atoms with Gasteiger partial charge in [0.25, 0.3) is 0 Å². The lowest BCUT2D eigenvalue weighted by Crippen LogP contribution is -1.99. The first kappa shape index (κ1) is 9.78. The maximum Gasteiger partial charge on any atom is 0.354 e. The lowest BCUT2D eigenvalue weighted by atomic mass is 10.0. The molecule has 0 radical (unpaired) electrons. The average molecular weight is 223 g/mol. The number of aromatic nitrogens is 1. The highest BCUT2D eigenvalue weighted by molar-refractivity contribution is 6.00. The fourth-order valence-corrected chi connectivity index (χ4v) is 1.95. The molecule has 3 aromatic rings. The van der Waals surface area contributed by atoms with Gasteiger partial charge in [-0.2, -0.15) is 0 Å². The minimum absolute atomic E-state index is 0.0766. The van der Waals surface area contributed by atoms with E-state index in [9.17, 15) is 4.79 Å². The number of hydrogen-bond acceptors (Lipinski definition) is 2. The highest BCUT2D eigenvalue weighted by Crippen LogP contribution is 2.22. The van der Waals surface area contributed by atoms with Gasteiger partial charge < -0.3 is 5.11 Å². The number of carbonyl (C=O) groups is 1. The molecule has 1 N–H and O–H groups in total. The van der Waals surface area contributed by atoms with Gasteiger partial charge in [-0.25, -0.2) is 9.78 Å². The van der Waals surface area contributed by atoms with Crippen molar-refractivity contribution in [3.63, 3.8) is 0 Å². The van der Waals surface area contributed by atoms with Crippen molar-refractivity contribution in [3.8, 4) is 0 Å². The summed E-state index contributed by atoms with van der Waals surface area (Å²) in [6, 6.07) is 13.6. The lowest BCUT2D eigenvalue weighted by molar-refractivity contribution is 0.0691. The summed E-state index contributed by atoms with van der Waals surface area (Å²) in [6.07, 6.45) is 1.60. The molecule has 0 aliphatic carbocycles. The molecule has 3 heteroatoms. The highest BCUT2D eigenvalue weighted by Gasteiger charge is 2.05. The summed E-state index contributed by atoms with van der Waals surface area (Å²) in [6.45, 7) is 0. The van der Waals surface area contributed by atoms with Gasteiger partial charge in [0, 0.05) is 11.6 Å². The molecule has 0 saturated heterocycles. The van der Waals surface area contributed by atoms with Crippen LogP contribution in [0.2, 0.25) is 0 Å². The van der Waals surface area contributed by atoms with Gasteiger partial charge in [-0.1, -0.05) is 24.3 Å². The molecule has 3 rings (SSSR count). The Bertz CT molecular complexity index is 734. The van der Waals surface area contributed by atoms with Crippen LogP contribution in [0.5, 0.6) is 0 Å². The van der Waals surface area contributed by atoms with Crippen molar-refractivity contribution in [2.75, 3.05) is 0 Å². The van der Waals surface area contributed by atoms with E-state index in [4.69, 9.17) is 5.11 Å². The van der Waals surface area contributed by atoms with Crippen LogP contribution in [0, 0.1) is 0 Å². The second-order valence-corrected chi connectivity index (χ2v) is 3.92.